The number of benzene rings is 1. The van der Waals surface area contributed by atoms with Gasteiger partial charge in [0.25, 0.3) is 0 Å². The molecule has 8 nitrogen and oxygen atoms in total. The van der Waals surface area contributed by atoms with Gasteiger partial charge in [-0.15, -0.1) is 20.4 Å². The van der Waals surface area contributed by atoms with Gasteiger partial charge in [0.15, 0.2) is 17.1 Å². The minimum atomic E-state index is -0.398. The first-order valence-corrected chi connectivity index (χ1v) is 10.4. The van der Waals surface area contributed by atoms with Crippen molar-refractivity contribution in [2.24, 2.45) is 0 Å². The highest BCUT2D eigenvalue weighted by atomic mass is 32.2. The van der Waals surface area contributed by atoms with E-state index in [1.807, 2.05) is 25.3 Å². The van der Waals surface area contributed by atoms with Crippen molar-refractivity contribution >= 4 is 34.1 Å². The van der Waals surface area contributed by atoms with Crippen molar-refractivity contribution in [2.45, 2.75) is 38.1 Å². The van der Waals surface area contributed by atoms with Gasteiger partial charge in [0.1, 0.15) is 17.1 Å². The van der Waals surface area contributed by atoms with Gasteiger partial charge in [-0.1, -0.05) is 23.1 Å². The molecule has 0 spiro atoms. The average molecular weight is 423 g/mol. The van der Waals surface area contributed by atoms with Crippen LogP contribution in [0.4, 0.5) is 9.52 Å². The lowest BCUT2D eigenvalue weighted by Gasteiger charge is -2.18. The summed E-state index contributed by atoms with van der Waals surface area (Å²) in [7, 11) is 0. The number of hydrogen-bond donors (Lipinski definition) is 1. The largest absolute Gasteiger partial charge is 0.483 e. The van der Waals surface area contributed by atoms with E-state index in [2.05, 4.69) is 25.7 Å². The molecule has 0 bridgehead atoms. The number of thioether (sulfide) groups is 1. The lowest BCUT2D eigenvalue weighted by Crippen LogP contribution is -2.16. The normalized spacial score (nSPS) is 12.2. The summed E-state index contributed by atoms with van der Waals surface area (Å²) in [4.78, 5) is 12.1. The van der Waals surface area contributed by atoms with E-state index in [-0.39, 0.29) is 23.5 Å². The molecule has 1 N–H and O–H groups in total. The van der Waals surface area contributed by atoms with Crippen LogP contribution in [0.3, 0.4) is 0 Å². The van der Waals surface area contributed by atoms with Crippen LogP contribution in [0.25, 0.3) is 0 Å². The first kappa shape index (κ1) is 20.2. The molecule has 0 aliphatic rings. The minimum Gasteiger partial charge on any atom is -0.483 e. The van der Waals surface area contributed by atoms with Crippen LogP contribution in [0.15, 0.2) is 34.9 Å². The Balaban J connectivity index is 1.68. The van der Waals surface area contributed by atoms with Gasteiger partial charge in [0.05, 0.1) is 5.75 Å². The monoisotopic (exact) mass is 422 g/mol. The maximum Gasteiger partial charge on any atom is 0.236 e. The Hall–Kier alpha value is -2.53. The number of aromatic nitrogens is 5. The summed E-state index contributed by atoms with van der Waals surface area (Å²) in [6.45, 7) is 5.86. The molecule has 0 fully saturated rings. The summed E-state index contributed by atoms with van der Waals surface area (Å²) in [6, 6.07) is 5.88. The minimum absolute atomic E-state index is 0.0676. The number of hydrogen-bond acceptors (Lipinski definition) is 8. The van der Waals surface area contributed by atoms with Crippen molar-refractivity contribution in [3.8, 4) is 5.75 Å². The fourth-order valence-corrected chi connectivity index (χ4v) is 3.77. The molecule has 2 heterocycles. The molecule has 0 aliphatic heterocycles. The quantitative estimate of drug-likeness (QED) is 0.553. The molecule has 2 aromatic heterocycles. The van der Waals surface area contributed by atoms with Crippen LogP contribution in [0.1, 0.15) is 38.7 Å². The number of ether oxygens (including phenoxy) is 1. The SMILES string of the molecule is CC(Oc1ccc(F)cc1)c1nnc(SCC(=O)Nc2nncs2)n1C(C)C. The van der Waals surface area contributed by atoms with E-state index in [0.29, 0.717) is 21.9 Å². The van der Waals surface area contributed by atoms with Gasteiger partial charge in [-0.25, -0.2) is 4.39 Å². The molecule has 0 saturated heterocycles. The first-order valence-electron chi connectivity index (χ1n) is 8.50. The maximum atomic E-state index is 13.1. The summed E-state index contributed by atoms with van der Waals surface area (Å²) < 4.78 is 20.9. The summed E-state index contributed by atoms with van der Waals surface area (Å²) in [5, 5.41) is 19.7. The van der Waals surface area contributed by atoms with Crippen molar-refractivity contribution in [3.05, 3.63) is 41.4 Å². The summed E-state index contributed by atoms with van der Waals surface area (Å²) in [5.41, 5.74) is 1.55. The van der Waals surface area contributed by atoms with Crippen LogP contribution in [0, 0.1) is 5.82 Å². The molecule has 1 aromatic carbocycles. The van der Waals surface area contributed by atoms with Crippen LogP contribution in [0.5, 0.6) is 5.75 Å². The van der Waals surface area contributed by atoms with Gasteiger partial charge in [-0.05, 0) is 45.0 Å². The Morgan fingerprint density at radius 2 is 2.00 bits per heavy atom. The zero-order valence-corrected chi connectivity index (χ0v) is 17.1. The number of rotatable bonds is 8. The molecule has 1 amide bonds. The third-order valence-electron chi connectivity index (χ3n) is 3.64. The van der Waals surface area contributed by atoms with E-state index < -0.39 is 6.10 Å². The van der Waals surface area contributed by atoms with Crippen molar-refractivity contribution < 1.29 is 13.9 Å². The standard InChI is InChI=1S/C17H19FN6O2S2/c1-10(2)24-15(11(3)26-13-6-4-12(18)5-7-13)21-23-17(24)27-8-14(25)20-16-22-19-9-28-16/h4-7,9-11H,8H2,1-3H3,(H,20,22,25). The number of nitrogens with zero attached hydrogens (tertiary/aromatic N) is 5. The molecule has 11 heteroatoms. The van der Waals surface area contributed by atoms with Crippen molar-refractivity contribution in [3.63, 3.8) is 0 Å². The number of halogens is 1. The van der Waals surface area contributed by atoms with E-state index in [4.69, 9.17) is 4.74 Å². The second kappa shape index (κ2) is 9.11. The second-order valence-corrected chi connectivity index (χ2v) is 7.87. The Labute approximate surface area is 169 Å². The molecular weight excluding hydrogens is 403 g/mol. The number of nitrogens with one attached hydrogen (secondary N) is 1. The molecular formula is C17H19FN6O2S2. The Bertz CT molecular complexity index is 914. The van der Waals surface area contributed by atoms with E-state index in [0.717, 1.165) is 0 Å². The van der Waals surface area contributed by atoms with Crippen LogP contribution in [-0.2, 0) is 4.79 Å². The molecule has 3 rings (SSSR count). The van der Waals surface area contributed by atoms with E-state index >= 15 is 0 Å². The molecule has 0 radical (unpaired) electrons. The third-order valence-corrected chi connectivity index (χ3v) is 5.19. The average Bonchev–Trinajstić information content (AvgIpc) is 3.31. The fraction of sp³-hybridized carbons (Fsp3) is 0.353. The topological polar surface area (TPSA) is 94.8 Å². The number of carbonyl (C=O) groups is 1. The highest BCUT2D eigenvalue weighted by Crippen LogP contribution is 2.27. The molecule has 3 aromatic rings. The highest BCUT2D eigenvalue weighted by Gasteiger charge is 2.22. The smallest absolute Gasteiger partial charge is 0.236 e. The molecule has 1 unspecified atom stereocenters. The van der Waals surface area contributed by atoms with Gasteiger partial charge >= 0.3 is 0 Å². The zero-order chi connectivity index (χ0) is 20.1. The van der Waals surface area contributed by atoms with E-state index in [9.17, 15) is 9.18 Å². The summed E-state index contributed by atoms with van der Waals surface area (Å²) in [6.07, 6.45) is -0.398. The van der Waals surface area contributed by atoms with E-state index in [1.54, 1.807) is 17.6 Å². The molecule has 1 atom stereocenters. The summed E-state index contributed by atoms with van der Waals surface area (Å²) in [5.74, 6) is 0.815. The van der Waals surface area contributed by atoms with Crippen molar-refractivity contribution in [1.82, 2.24) is 25.0 Å². The fourth-order valence-electron chi connectivity index (χ4n) is 2.43. The predicted octanol–water partition coefficient (Wildman–Crippen LogP) is 3.72. The van der Waals surface area contributed by atoms with Crippen LogP contribution in [-0.4, -0.2) is 36.6 Å². The Kier molecular flexibility index (Phi) is 6.57. The number of amides is 1. The van der Waals surface area contributed by atoms with Crippen molar-refractivity contribution in [2.75, 3.05) is 11.1 Å². The summed E-state index contributed by atoms with van der Waals surface area (Å²) >= 11 is 2.53. The van der Waals surface area contributed by atoms with Crippen LogP contribution in [0.2, 0.25) is 0 Å². The van der Waals surface area contributed by atoms with Crippen LogP contribution >= 0.6 is 23.1 Å². The lowest BCUT2D eigenvalue weighted by molar-refractivity contribution is -0.113. The van der Waals surface area contributed by atoms with Gasteiger partial charge in [0, 0.05) is 6.04 Å². The van der Waals surface area contributed by atoms with Gasteiger partial charge in [-0.3, -0.25) is 10.1 Å². The Morgan fingerprint density at radius 1 is 1.25 bits per heavy atom. The van der Waals surface area contributed by atoms with Gasteiger partial charge in [0.2, 0.25) is 11.0 Å². The van der Waals surface area contributed by atoms with Gasteiger partial charge < -0.3 is 9.30 Å². The molecule has 0 saturated carbocycles. The zero-order valence-electron chi connectivity index (χ0n) is 15.5. The first-order chi connectivity index (χ1) is 13.4. The maximum absolute atomic E-state index is 13.1. The Morgan fingerprint density at radius 3 is 2.64 bits per heavy atom. The lowest BCUT2D eigenvalue weighted by atomic mass is 10.3. The highest BCUT2D eigenvalue weighted by molar-refractivity contribution is 7.99. The second-order valence-electron chi connectivity index (χ2n) is 6.10. The molecule has 0 aliphatic carbocycles. The molecule has 28 heavy (non-hydrogen) atoms. The van der Waals surface area contributed by atoms with Crippen molar-refractivity contribution in [1.29, 1.82) is 0 Å². The predicted molar refractivity (Wildman–Crippen MR) is 105 cm³/mol. The van der Waals surface area contributed by atoms with E-state index in [1.165, 1.54) is 35.2 Å². The van der Waals surface area contributed by atoms with Crippen LogP contribution < -0.4 is 10.1 Å². The third kappa shape index (κ3) is 5.04. The molecule has 148 valence electrons. The van der Waals surface area contributed by atoms with Gasteiger partial charge in [-0.2, -0.15) is 0 Å². The number of anilines is 1. The number of carbonyl (C=O) groups excluding carboxylic acids is 1.